The summed E-state index contributed by atoms with van der Waals surface area (Å²) in [4.78, 5) is 21.6. The second kappa shape index (κ2) is 8.83. The van der Waals surface area contributed by atoms with Crippen molar-refractivity contribution in [3.8, 4) is 0 Å². The van der Waals surface area contributed by atoms with Crippen molar-refractivity contribution in [2.45, 2.75) is 37.2 Å². The van der Waals surface area contributed by atoms with Gasteiger partial charge in [-0.3, -0.25) is 14.7 Å². The average Bonchev–Trinajstić information content (AvgIpc) is 3.26. The molecule has 0 N–H and O–H groups in total. The molecule has 2 aromatic rings. The first kappa shape index (κ1) is 21.0. The maximum Gasteiger partial charge on any atom is 0.243 e. The standard InChI is InChI=1S/C22H28N4O3S/c1-18-4-6-20(7-5-18)30(28,29)26-12-2-3-21(26)22(27)25-15-13-24(14-16-25)17-19-8-10-23-11-9-19/h4-11,21H,2-3,12-17H2,1H3. The number of aromatic nitrogens is 1. The molecule has 0 radical (unpaired) electrons. The van der Waals surface area contributed by atoms with Crippen LogP contribution in [0.4, 0.5) is 0 Å². The van der Waals surface area contributed by atoms with E-state index in [9.17, 15) is 13.2 Å². The zero-order valence-corrected chi connectivity index (χ0v) is 18.1. The minimum atomic E-state index is -3.67. The number of hydrogen-bond acceptors (Lipinski definition) is 5. The fourth-order valence-corrected chi connectivity index (χ4v) is 5.85. The van der Waals surface area contributed by atoms with Crippen molar-refractivity contribution in [1.29, 1.82) is 0 Å². The molecule has 0 aliphatic carbocycles. The highest BCUT2D eigenvalue weighted by molar-refractivity contribution is 7.89. The number of benzene rings is 1. The molecule has 1 unspecified atom stereocenters. The Morgan fingerprint density at radius 2 is 1.67 bits per heavy atom. The van der Waals surface area contributed by atoms with Gasteiger partial charge in [0.1, 0.15) is 6.04 Å². The summed E-state index contributed by atoms with van der Waals surface area (Å²) in [5.41, 5.74) is 2.21. The number of aryl methyl sites for hydroxylation is 1. The van der Waals surface area contributed by atoms with Gasteiger partial charge in [0.15, 0.2) is 0 Å². The first-order valence-electron chi connectivity index (χ1n) is 10.4. The molecule has 2 aliphatic rings. The number of rotatable bonds is 5. The Balaban J connectivity index is 1.40. The van der Waals surface area contributed by atoms with E-state index >= 15 is 0 Å². The summed E-state index contributed by atoms with van der Waals surface area (Å²) < 4.78 is 27.7. The molecular formula is C22H28N4O3S. The Morgan fingerprint density at radius 1 is 1.00 bits per heavy atom. The van der Waals surface area contributed by atoms with Crippen molar-refractivity contribution < 1.29 is 13.2 Å². The van der Waals surface area contributed by atoms with Gasteiger partial charge in [0.05, 0.1) is 4.90 Å². The zero-order chi connectivity index (χ0) is 21.1. The van der Waals surface area contributed by atoms with Gasteiger partial charge in [0.2, 0.25) is 15.9 Å². The van der Waals surface area contributed by atoms with Gasteiger partial charge >= 0.3 is 0 Å². The van der Waals surface area contributed by atoms with Crippen LogP contribution in [0.2, 0.25) is 0 Å². The van der Waals surface area contributed by atoms with Crippen molar-refractivity contribution in [3.05, 3.63) is 59.9 Å². The van der Waals surface area contributed by atoms with E-state index in [0.717, 1.165) is 25.2 Å². The molecule has 4 rings (SSSR count). The van der Waals surface area contributed by atoms with Crippen LogP contribution in [-0.2, 0) is 21.4 Å². The van der Waals surface area contributed by atoms with Crippen LogP contribution in [0.15, 0.2) is 53.7 Å². The molecule has 30 heavy (non-hydrogen) atoms. The Hall–Kier alpha value is -2.29. The van der Waals surface area contributed by atoms with Gasteiger partial charge < -0.3 is 4.90 Å². The Kier molecular flexibility index (Phi) is 6.17. The molecule has 2 fully saturated rings. The van der Waals surface area contributed by atoms with Gasteiger partial charge in [0.25, 0.3) is 0 Å². The molecule has 1 aromatic heterocycles. The SMILES string of the molecule is Cc1ccc(S(=O)(=O)N2CCCC2C(=O)N2CCN(Cc3ccncc3)CC2)cc1. The van der Waals surface area contributed by atoms with E-state index in [1.807, 2.05) is 24.0 Å². The number of sulfonamides is 1. The number of carbonyl (C=O) groups is 1. The van der Waals surface area contributed by atoms with Crippen LogP contribution < -0.4 is 0 Å². The minimum Gasteiger partial charge on any atom is -0.339 e. The molecule has 2 saturated heterocycles. The predicted molar refractivity (Wildman–Crippen MR) is 114 cm³/mol. The summed E-state index contributed by atoms with van der Waals surface area (Å²) in [7, 11) is -3.67. The Bertz CT molecular complexity index is 971. The lowest BCUT2D eigenvalue weighted by atomic mass is 10.1. The normalized spacial score (nSPS) is 21.1. The first-order valence-corrected chi connectivity index (χ1v) is 11.9. The maximum absolute atomic E-state index is 13.2. The molecule has 2 aliphatic heterocycles. The first-order chi connectivity index (χ1) is 14.4. The van der Waals surface area contributed by atoms with E-state index in [4.69, 9.17) is 0 Å². The number of piperazine rings is 1. The third kappa shape index (κ3) is 4.40. The smallest absolute Gasteiger partial charge is 0.243 e. The van der Waals surface area contributed by atoms with Gasteiger partial charge in [-0.2, -0.15) is 4.31 Å². The van der Waals surface area contributed by atoms with E-state index in [1.54, 1.807) is 36.7 Å². The van der Waals surface area contributed by atoms with Gasteiger partial charge in [-0.05, 0) is 49.6 Å². The molecule has 1 aromatic carbocycles. The van der Waals surface area contributed by atoms with Crippen LogP contribution in [0.25, 0.3) is 0 Å². The molecule has 0 spiro atoms. The number of hydrogen-bond donors (Lipinski definition) is 0. The summed E-state index contributed by atoms with van der Waals surface area (Å²) in [6.07, 6.45) is 4.88. The molecular weight excluding hydrogens is 400 g/mol. The van der Waals surface area contributed by atoms with E-state index in [0.29, 0.717) is 32.5 Å². The molecule has 1 amide bonds. The third-order valence-corrected chi connectivity index (χ3v) is 7.88. The van der Waals surface area contributed by atoms with Crippen LogP contribution in [-0.4, -0.2) is 72.2 Å². The number of carbonyl (C=O) groups excluding carboxylic acids is 1. The quantitative estimate of drug-likeness (QED) is 0.727. The molecule has 0 saturated carbocycles. The average molecular weight is 429 g/mol. The fourth-order valence-electron chi connectivity index (χ4n) is 4.20. The molecule has 7 nitrogen and oxygen atoms in total. The summed E-state index contributed by atoms with van der Waals surface area (Å²) >= 11 is 0. The molecule has 1 atom stereocenters. The highest BCUT2D eigenvalue weighted by Crippen LogP contribution is 2.28. The maximum atomic E-state index is 13.2. The van der Waals surface area contributed by atoms with Gasteiger partial charge in [-0.15, -0.1) is 0 Å². The molecule has 0 bridgehead atoms. The number of pyridine rings is 1. The second-order valence-corrected chi connectivity index (χ2v) is 9.93. The Morgan fingerprint density at radius 3 is 2.33 bits per heavy atom. The van der Waals surface area contributed by atoms with E-state index in [2.05, 4.69) is 9.88 Å². The Labute approximate surface area is 178 Å². The largest absolute Gasteiger partial charge is 0.339 e. The van der Waals surface area contributed by atoms with Crippen LogP contribution >= 0.6 is 0 Å². The predicted octanol–water partition coefficient (Wildman–Crippen LogP) is 1.89. The van der Waals surface area contributed by atoms with E-state index in [1.165, 1.54) is 9.87 Å². The van der Waals surface area contributed by atoms with Crippen molar-refractivity contribution in [3.63, 3.8) is 0 Å². The highest BCUT2D eigenvalue weighted by Gasteiger charge is 2.41. The highest BCUT2D eigenvalue weighted by atomic mass is 32.2. The topological polar surface area (TPSA) is 73.8 Å². The number of amides is 1. The second-order valence-electron chi connectivity index (χ2n) is 8.04. The zero-order valence-electron chi connectivity index (χ0n) is 17.3. The van der Waals surface area contributed by atoms with Crippen molar-refractivity contribution >= 4 is 15.9 Å². The van der Waals surface area contributed by atoms with Crippen LogP contribution in [0, 0.1) is 6.92 Å². The molecule has 160 valence electrons. The molecule has 3 heterocycles. The summed E-state index contributed by atoms with van der Waals surface area (Å²) in [6.45, 7) is 5.97. The van der Waals surface area contributed by atoms with Gasteiger partial charge in [0, 0.05) is 51.7 Å². The van der Waals surface area contributed by atoms with E-state index < -0.39 is 16.1 Å². The van der Waals surface area contributed by atoms with Gasteiger partial charge in [-0.1, -0.05) is 17.7 Å². The van der Waals surface area contributed by atoms with Crippen molar-refractivity contribution in [2.24, 2.45) is 0 Å². The lowest BCUT2D eigenvalue weighted by molar-refractivity contribution is -0.136. The van der Waals surface area contributed by atoms with Crippen molar-refractivity contribution in [2.75, 3.05) is 32.7 Å². The van der Waals surface area contributed by atoms with Gasteiger partial charge in [-0.25, -0.2) is 8.42 Å². The fraction of sp³-hybridized carbons (Fsp3) is 0.455. The number of nitrogens with zero attached hydrogens (tertiary/aromatic N) is 4. The summed E-state index contributed by atoms with van der Waals surface area (Å²) in [6, 6.07) is 10.3. The minimum absolute atomic E-state index is 0.0632. The van der Waals surface area contributed by atoms with E-state index in [-0.39, 0.29) is 10.8 Å². The van der Waals surface area contributed by atoms with Crippen LogP contribution in [0.3, 0.4) is 0 Å². The third-order valence-electron chi connectivity index (χ3n) is 5.96. The monoisotopic (exact) mass is 428 g/mol. The van der Waals surface area contributed by atoms with Crippen LogP contribution in [0.1, 0.15) is 24.0 Å². The molecule has 8 heteroatoms. The van der Waals surface area contributed by atoms with Crippen molar-refractivity contribution in [1.82, 2.24) is 19.1 Å². The summed E-state index contributed by atoms with van der Waals surface area (Å²) in [5, 5.41) is 0. The lowest BCUT2D eigenvalue weighted by Gasteiger charge is -2.37. The summed E-state index contributed by atoms with van der Waals surface area (Å²) in [5.74, 6) is -0.0632. The lowest BCUT2D eigenvalue weighted by Crippen LogP contribution is -2.54. The van der Waals surface area contributed by atoms with Crippen LogP contribution in [0.5, 0.6) is 0 Å².